The van der Waals surface area contributed by atoms with Crippen LogP contribution in [0.15, 0.2) is 11.6 Å². The van der Waals surface area contributed by atoms with Gasteiger partial charge in [0.05, 0.1) is 29.0 Å². The van der Waals surface area contributed by atoms with Crippen LogP contribution in [0.4, 0.5) is 0 Å². The van der Waals surface area contributed by atoms with Crippen molar-refractivity contribution in [3.05, 3.63) is 11.6 Å². The lowest BCUT2D eigenvalue weighted by atomic mass is 9.46. The largest absolute Gasteiger partial charge is 0.465 e. The first-order valence-corrected chi connectivity index (χ1v) is 9.99. The van der Waals surface area contributed by atoms with Crippen LogP contribution in [-0.2, 0) is 19.1 Å². The van der Waals surface area contributed by atoms with E-state index in [4.69, 9.17) is 4.74 Å². The number of ether oxygens (including phenoxy) is 1. The van der Waals surface area contributed by atoms with E-state index in [-0.39, 0.29) is 23.5 Å². The Morgan fingerprint density at radius 1 is 1.23 bits per heavy atom. The van der Waals surface area contributed by atoms with Gasteiger partial charge in [0.1, 0.15) is 5.78 Å². The Balaban J connectivity index is 1.86. The van der Waals surface area contributed by atoms with E-state index < -0.39 is 22.3 Å². The number of carbonyl (C=O) groups excluding carboxylic acids is 3. The van der Waals surface area contributed by atoms with Gasteiger partial charge in [0.15, 0.2) is 5.78 Å². The molecule has 0 saturated heterocycles. The molecule has 0 unspecified atom stereocenters. The fraction of sp³-hybridized carbons (Fsp3) is 0.762. The summed E-state index contributed by atoms with van der Waals surface area (Å²) in [4.78, 5) is 38.8. The molecule has 5 nitrogen and oxygen atoms in total. The van der Waals surface area contributed by atoms with Crippen molar-refractivity contribution in [2.75, 3.05) is 6.61 Å². The molecular weight excluding hydrogens is 332 g/mol. The summed E-state index contributed by atoms with van der Waals surface area (Å²) in [6, 6.07) is 0. The molecule has 3 fully saturated rings. The van der Waals surface area contributed by atoms with Gasteiger partial charge in [-0.25, -0.2) is 0 Å². The molecule has 0 aromatic carbocycles. The molecule has 142 valence electrons. The highest BCUT2D eigenvalue weighted by atomic mass is 16.5. The molecule has 4 rings (SSSR count). The molecule has 0 aliphatic heterocycles. The number of Topliss-reactive ketones (excluding diaryl/α,β-unsaturated/α-hetero) is 1. The Hall–Kier alpha value is -1.49. The number of hydrogen-bond acceptors (Lipinski definition) is 5. The lowest BCUT2D eigenvalue weighted by Gasteiger charge is -2.58. The number of aliphatic hydroxyl groups is 1. The highest BCUT2D eigenvalue weighted by molar-refractivity contribution is 6.00. The summed E-state index contributed by atoms with van der Waals surface area (Å²) < 4.78 is 5.48. The van der Waals surface area contributed by atoms with Crippen LogP contribution in [0.2, 0.25) is 0 Å². The van der Waals surface area contributed by atoms with Crippen LogP contribution in [0.25, 0.3) is 0 Å². The van der Waals surface area contributed by atoms with Crippen LogP contribution in [0.3, 0.4) is 0 Å². The first-order chi connectivity index (χ1) is 12.3. The summed E-state index contributed by atoms with van der Waals surface area (Å²) in [6.07, 6.45) is 6.69. The third-order valence-corrected chi connectivity index (χ3v) is 7.91. The van der Waals surface area contributed by atoms with E-state index in [1.54, 1.807) is 13.0 Å². The zero-order valence-electron chi connectivity index (χ0n) is 15.7. The molecule has 0 heterocycles. The molecular formula is C21H28O5. The highest BCUT2D eigenvalue weighted by Crippen LogP contribution is 2.65. The molecule has 26 heavy (non-hydrogen) atoms. The SMILES string of the molecule is CCOC(=O)[C@]12CCCCC1=CC(=O)[C@@H]1[C@@H]2CC[C@]2(C)C(=O)CC[C@]12O. The lowest BCUT2D eigenvalue weighted by Crippen LogP contribution is -2.64. The Labute approximate surface area is 154 Å². The van der Waals surface area contributed by atoms with Crippen LogP contribution < -0.4 is 0 Å². The molecule has 1 N–H and O–H groups in total. The first kappa shape index (κ1) is 17.9. The number of ketones is 2. The number of allylic oxidation sites excluding steroid dienone is 1. The second-order valence-corrected chi connectivity index (χ2v) is 8.77. The maximum atomic E-state index is 13.1. The quantitative estimate of drug-likeness (QED) is 0.766. The molecule has 3 saturated carbocycles. The maximum absolute atomic E-state index is 13.1. The predicted octanol–water partition coefficient (Wildman–Crippen LogP) is 2.75. The first-order valence-electron chi connectivity index (χ1n) is 9.99. The molecule has 0 bridgehead atoms. The van der Waals surface area contributed by atoms with Gasteiger partial charge in [-0.05, 0) is 69.9 Å². The summed E-state index contributed by atoms with van der Waals surface area (Å²) in [6.45, 7) is 3.91. The topological polar surface area (TPSA) is 80.7 Å². The van der Waals surface area contributed by atoms with Gasteiger partial charge >= 0.3 is 5.97 Å². The Kier molecular flexibility index (Phi) is 3.96. The summed E-state index contributed by atoms with van der Waals surface area (Å²) in [5.74, 6) is -1.24. The molecule has 0 spiro atoms. The molecule has 5 atom stereocenters. The van der Waals surface area contributed by atoms with Crippen LogP contribution in [0.1, 0.15) is 65.2 Å². The monoisotopic (exact) mass is 360 g/mol. The van der Waals surface area contributed by atoms with Gasteiger partial charge in [0, 0.05) is 6.42 Å². The zero-order valence-corrected chi connectivity index (χ0v) is 15.7. The molecule has 4 aliphatic carbocycles. The third-order valence-electron chi connectivity index (χ3n) is 7.91. The van der Waals surface area contributed by atoms with Crippen molar-refractivity contribution < 1.29 is 24.2 Å². The van der Waals surface area contributed by atoms with E-state index in [0.29, 0.717) is 38.7 Å². The number of fused-ring (bicyclic) bond motifs is 5. The number of carbonyl (C=O) groups is 3. The summed E-state index contributed by atoms with van der Waals surface area (Å²) in [5.41, 5.74) is -2.12. The number of rotatable bonds is 2. The third kappa shape index (κ3) is 1.98. The van der Waals surface area contributed by atoms with Crippen molar-refractivity contribution in [3.63, 3.8) is 0 Å². The Bertz CT molecular complexity index is 709. The molecule has 5 heteroatoms. The molecule has 0 radical (unpaired) electrons. The van der Waals surface area contributed by atoms with Crippen LogP contribution in [-0.4, -0.2) is 34.9 Å². The smallest absolute Gasteiger partial charge is 0.316 e. The van der Waals surface area contributed by atoms with Gasteiger partial charge in [-0.15, -0.1) is 0 Å². The molecule has 0 aromatic heterocycles. The Morgan fingerprint density at radius 3 is 2.73 bits per heavy atom. The van der Waals surface area contributed by atoms with E-state index in [1.165, 1.54) is 0 Å². The van der Waals surface area contributed by atoms with Gasteiger partial charge in [0.2, 0.25) is 0 Å². The summed E-state index contributed by atoms with van der Waals surface area (Å²) in [7, 11) is 0. The van der Waals surface area contributed by atoms with Gasteiger partial charge in [-0.2, -0.15) is 0 Å². The summed E-state index contributed by atoms with van der Waals surface area (Å²) in [5, 5.41) is 11.6. The summed E-state index contributed by atoms with van der Waals surface area (Å²) >= 11 is 0. The molecule has 0 aromatic rings. The molecule has 4 aliphatic rings. The maximum Gasteiger partial charge on any atom is 0.316 e. The van der Waals surface area contributed by atoms with Crippen molar-refractivity contribution in [2.45, 2.75) is 70.8 Å². The minimum atomic E-state index is -1.34. The Morgan fingerprint density at radius 2 is 2.00 bits per heavy atom. The van der Waals surface area contributed by atoms with E-state index in [2.05, 4.69) is 0 Å². The second kappa shape index (κ2) is 5.75. The highest BCUT2D eigenvalue weighted by Gasteiger charge is 2.70. The normalized spacial score (nSPS) is 44.7. The van der Waals surface area contributed by atoms with Gasteiger partial charge in [0.25, 0.3) is 0 Å². The van der Waals surface area contributed by atoms with Crippen LogP contribution in [0.5, 0.6) is 0 Å². The minimum absolute atomic E-state index is 0.0508. The lowest BCUT2D eigenvalue weighted by molar-refractivity contribution is -0.188. The van der Waals surface area contributed by atoms with Gasteiger partial charge < -0.3 is 9.84 Å². The number of esters is 1. The zero-order chi connectivity index (χ0) is 18.7. The van der Waals surface area contributed by atoms with Gasteiger partial charge in [-0.1, -0.05) is 6.42 Å². The van der Waals surface area contributed by atoms with E-state index in [0.717, 1.165) is 24.8 Å². The van der Waals surface area contributed by atoms with Crippen LogP contribution >= 0.6 is 0 Å². The minimum Gasteiger partial charge on any atom is -0.465 e. The molecule has 0 amide bonds. The second-order valence-electron chi connectivity index (χ2n) is 8.77. The van der Waals surface area contributed by atoms with Crippen molar-refractivity contribution in [2.24, 2.45) is 22.7 Å². The van der Waals surface area contributed by atoms with E-state index in [9.17, 15) is 19.5 Å². The average molecular weight is 360 g/mol. The number of hydrogen-bond donors (Lipinski definition) is 1. The van der Waals surface area contributed by atoms with E-state index in [1.807, 2.05) is 6.92 Å². The van der Waals surface area contributed by atoms with Crippen molar-refractivity contribution in [3.8, 4) is 0 Å². The van der Waals surface area contributed by atoms with Crippen molar-refractivity contribution >= 4 is 17.5 Å². The van der Waals surface area contributed by atoms with E-state index >= 15 is 0 Å². The van der Waals surface area contributed by atoms with Gasteiger partial charge in [-0.3, -0.25) is 14.4 Å². The van der Waals surface area contributed by atoms with Crippen LogP contribution in [0, 0.1) is 22.7 Å². The fourth-order valence-electron chi connectivity index (χ4n) is 6.49. The predicted molar refractivity (Wildman–Crippen MR) is 94.1 cm³/mol. The van der Waals surface area contributed by atoms with Crippen molar-refractivity contribution in [1.82, 2.24) is 0 Å². The average Bonchev–Trinajstić information content (AvgIpc) is 2.86. The standard InChI is InChI=1S/C21H28O5/c1-3-26-18(24)20-9-5-4-6-13(20)12-15(22)17-14(20)7-10-19(2)16(23)8-11-21(17,19)25/h12,14,17,25H,3-11H2,1-2H3/t14-,17-,19+,20+,21-/m0/s1. The van der Waals surface area contributed by atoms with Crippen molar-refractivity contribution in [1.29, 1.82) is 0 Å². The fourth-order valence-corrected chi connectivity index (χ4v) is 6.49.